The molecule has 0 heterocycles. The van der Waals surface area contributed by atoms with E-state index in [1.807, 2.05) is 0 Å². The van der Waals surface area contributed by atoms with Crippen LogP contribution < -0.4 is 0 Å². The SMILES string of the molecule is CCN(CC)C(=O)OCC(=O)O. The molecule has 0 atom stereocenters. The second-order valence-corrected chi connectivity index (χ2v) is 2.12. The third kappa shape index (κ3) is 3.80. The number of rotatable bonds is 4. The number of carboxylic acids is 1. The Kier molecular flexibility index (Phi) is 4.83. The minimum Gasteiger partial charge on any atom is -0.479 e. The molecule has 0 aromatic heterocycles. The summed E-state index contributed by atoms with van der Waals surface area (Å²) in [5.41, 5.74) is 0. The fraction of sp³-hybridized carbons (Fsp3) is 0.714. The number of hydrogen-bond donors (Lipinski definition) is 1. The van der Waals surface area contributed by atoms with E-state index in [0.717, 1.165) is 0 Å². The number of carboxylic acid groups (broad SMARTS) is 1. The number of carbonyl (C=O) groups excluding carboxylic acids is 1. The highest BCUT2D eigenvalue weighted by molar-refractivity contribution is 5.74. The molecule has 0 spiro atoms. The zero-order valence-corrected chi connectivity index (χ0v) is 7.24. The highest BCUT2D eigenvalue weighted by Crippen LogP contribution is 1.92. The fourth-order valence-electron chi connectivity index (χ4n) is 0.697. The molecule has 0 aromatic rings. The summed E-state index contributed by atoms with van der Waals surface area (Å²) in [6, 6.07) is 0. The van der Waals surface area contributed by atoms with Gasteiger partial charge in [-0.3, -0.25) is 0 Å². The molecule has 0 rings (SSSR count). The Balaban J connectivity index is 3.77. The van der Waals surface area contributed by atoms with Crippen LogP contribution in [0.4, 0.5) is 4.79 Å². The molecule has 1 N–H and O–H groups in total. The van der Waals surface area contributed by atoms with Gasteiger partial charge in [0.1, 0.15) is 0 Å². The predicted molar refractivity (Wildman–Crippen MR) is 41.9 cm³/mol. The van der Waals surface area contributed by atoms with Gasteiger partial charge in [-0.2, -0.15) is 0 Å². The molecule has 0 radical (unpaired) electrons. The average Bonchev–Trinajstić information content (AvgIpc) is 2.03. The third-order valence-electron chi connectivity index (χ3n) is 1.34. The highest BCUT2D eigenvalue weighted by Gasteiger charge is 2.11. The van der Waals surface area contributed by atoms with E-state index in [-0.39, 0.29) is 0 Å². The molecular formula is C7H13NO4. The van der Waals surface area contributed by atoms with Crippen LogP contribution in [0, 0.1) is 0 Å². The summed E-state index contributed by atoms with van der Waals surface area (Å²) in [6.45, 7) is 4.07. The van der Waals surface area contributed by atoms with Crippen molar-refractivity contribution in [3.05, 3.63) is 0 Å². The number of carbonyl (C=O) groups is 2. The van der Waals surface area contributed by atoms with Crippen LogP contribution in [0.15, 0.2) is 0 Å². The van der Waals surface area contributed by atoms with Crippen molar-refractivity contribution in [1.82, 2.24) is 4.90 Å². The van der Waals surface area contributed by atoms with E-state index in [0.29, 0.717) is 13.1 Å². The maximum Gasteiger partial charge on any atom is 0.410 e. The Morgan fingerprint density at radius 1 is 1.33 bits per heavy atom. The first-order chi connectivity index (χ1) is 5.61. The standard InChI is InChI=1S/C7H13NO4/c1-3-8(4-2)7(11)12-5-6(9)10/h3-5H2,1-2H3,(H,9,10). The maximum absolute atomic E-state index is 11.0. The van der Waals surface area contributed by atoms with Gasteiger partial charge < -0.3 is 14.7 Å². The van der Waals surface area contributed by atoms with Gasteiger partial charge in [-0.1, -0.05) is 0 Å². The van der Waals surface area contributed by atoms with Crippen LogP contribution in [0.5, 0.6) is 0 Å². The lowest BCUT2D eigenvalue weighted by Gasteiger charge is -2.16. The zero-order valence-electron chi connectivity index (χ0n) is 7.24. The van der Waals surface area contributed by atoms with E-state index in [2.05, 4.69) is 4.74 Å². The number of aliphatic carboxylic acids is 1. The lowest BCUT2D eigenvalue weighted by molar-refractivity contribution is -0.140. The molecule has 5 heteroatoms. The predicted octanol–water partition coefficient (Wildman–Crippen LogP) is 0.549. The summed E-state index contributed by atoms with van der Waals surface area (Å²) >= 11 is 0. The van der Waals surface area contributed by atoms with Crippen molar-refractivity contribution in [2.75, 3.05) is 19.7 Å². The van der Waals surface area contributed by atoms with Gasteiger partial charge in [-0.05, 0) is 13.8 Å². The summed E-state index contributed by atoms with van der Waals surface area (Å²) < 4.78 is 4.43. The van der Waals surface area contributed by atoms with Crippen LogP contribution in [0.1, 0.15) is 13.8 Å². The van der Waals surface area contributed by atoms with E-state index in [1.165, 1.54) is 4.90 Å². The molecule has 70 valence electrons. The van der Waals surface area contributed by atoms with Crippen molar-refractivity contribution in [3.8, 4) is 0 Å². The van der Waals surface area contributed by atoms with E-state index < -0.39 is 18.7 Å². The first-order valence-corrected chi connectivity index (χ1v) is 3.75. The largest absolute Gasteiger partial charge is 0.479 e. The topological polar surface area (TPSA) is 66.8 Å². The van der Waals surface area contributed by atoms with Gasteiger partial charge >= 0.3 is 12.1 Å². The Labute approximate surface area is 70.9 Å². The van der Waals surface area contributed by atoms with Crippen molar-refractivity contribution in [2.45, 2.75) is 13.8 Å². The summed E-state index contributed by atoms with van der Waals surface area (Å²) in [5, 5.41) is 8.19. The van der Waals surface area contributed by atoms with Crippen molar-refractivity contribution >= 4 is 12.1 Å². The van der Waals surface area contributed by atoms with E-state index in [9.17, 15) is 9.59 Å². The molecule has 0 bridgehead atoms. The monoisotopic (exact) mass is 175 g/mol. The van der Waals surface area contributed by atoms with Crippen molar-refractivity contribution < 1.29 is 19.4 Å². The van der Waals surface area contributed by atoms with Crippen molar-refractivity contribution in [1.29, 1.82) is 0 Å². The smallest absolute Gasteiger partial charge is 0.410 e. The second-order valence-electron chi connectivity index (χ2n) is 2.12. The lowest BCUT2D eigenvalue weighted by Crippen LogP contribution is -2.32. The van der Waals surface area contributed by atoms with E-state index in [1.54, 1.807) is 13.8 Å². The first kappa shape index (κ1) is 10.7. The van der Waals surface area contributed by atoms with Crippen LogP contribution in [0.25, 0.3) is 0 Å². The fourth-order valence-corrected chi connectivity index (χ4v) is 0.697. The number of nitrogens with zero attached hydrogens (tertiary/aromatic N) is 1. The minimum atomic E-state index is -1.14. The molecule has 5 nitrogen and oxygen atoms in total. The quantitative estimate of drug-likeness (QED) is 0.677. The van der Waals surface area contributed by atoms with Crippen LogP contribution in [0.2, 0.25) is 0 Å². The van der Waals surface area contributed by atoms with E-state index >= 15 is 0 Å². The van der Waals surface area contributed by atoms with Crippen molar-refractivity contribution in [2.24, 2.45) is 0 Å². The van der Waals surface area contributed by atoms with Gasteiger partial charge in [-0.15, -0.1) is 0 Å². The number of hydrogen-bond acceptors (Lipinski definition) is 3. The highest BCUT2D eigenvalue weighted by atomic mass is 16.6. The average molecular weight is 175 g/mol. The van der Waals surface area contributed by atoms with Crippen LogP contribution in [-0.2, 0) is 9.53 Å². The Bertz CT molecular complexity index is 165. The molecule has 0 saturated carbocycles. The minimum absolute atomic E-state index is 0.523. The zero-order chi connectivity index (χ0) is 9.56. The van der Waals surface area contributed by atoms with Gasteiger partial charge in [-0.25, -0.2) is 9.59 Å². The van der Waals surface area contributed by atoms with Crippen LogP contribution in [0.3, 0.4) is 0 Å². The Morgan fingerprint density at radius 2 is 1.83 bits per heavy atom. The second kappa shape index (κ2) is 5.40. The normalized spacial score (nSPS) is 9.17. The van der Waals surface area contributed by atoms with Gasteiger partial charge in [0.2, 0.25) is 0 Å². The lowest BCUT2D eigenvalue weighted by atomic mass is 10.5. The van der Waals surface area contributed by atoms with Crippen LogP contribution >= 0.6 is 0 Å². The summed E-state index contributed by atoms with van der Waals surface area (Å²) in [4.78, 5) is 22.4. The molecule has 0 aliphatic carbocycles. The van der Waals surface area contributed by atoms with Crippen LogP contribution in [-0.4, -0.2) is 41.8 Å². The molecule has 0 aliphatic heterocycles. The molecule has 0 fully saturated rings. The van der Waals surface area contributed by atoms with Gasteiger partial charge in [0.25, 0.3) is 0 Å². The maximum atomic E-state index is 11.0. The third-order valence-corrected chi connectivity index (χ3v) is 1.34. The van der Waals surface area contributed by atoms with Gasteiger partial charge in [0.05, 0.1) is 0 Å². The van der Waals surface area contributed by atoms with Gasteiger partial charge in [0, 0.05) is 13.1 Å². The molecule has 1 amide bonds. The first-order valence-electron chi connectivity index (χ1n) is 3.75. The number of ether oxygens (including phenoxy) is 1. The molecule has 0 aromatic carbocycles. The molecule has 0 saturated heterocycles. The van der Waals surface area contributed by atoms with E-state index in [4.69, 9.17) is 5.11 Å². The molecule has 12 heavy (non-hydrogen) atoms. The molecule has 0 aliphatic rings. The summed E-state index contributed by atoms with van der Waals surface area (Å²) in [6.07, 6.45) is -0.581. The van der Waals surface area contributed by atoms with Crippen molar-refractivity contribution in [3.63, 3.8) is 0 Å². The summed E-state index contributed by atoms with van der Waals surface area (Å²) in [7, 11) is 0. The van der Waals surface area contributed by atoms with Gasteiger partial charge in [0.15, 0.2) is 6.61 Å². The summed E-state index contributed by atoms with van der Waals surface area (Å²) in [5.74, 6) is -1.14. The Hall–Kier alpha value is -1.26. The number of amides is 1. The molecule has 0 unspecified atom stereocenters. The Morgan fingerprint density at radius 3 is 2.17 bits per heavy atom. The molecular weight excluding hydrogens is 162 g/mol.